The standard InChI is InChI=1S/2C22H25FN6O2.2CH4.CH3.HI.Na/c2*1-14-4-5-15(23)11-17(14)19-3-2-8-28(19)20-7-10-29-21(26-20)18(12-24-29)25-22(31)27-9-6-16(30)13-27;;;;;/h2*4-5,7,10-12,16,19,30H,2-3,6,8-9,13H2,1H3,(H,25,31);2*1H4;1H3;1H;/q;;;;-1;;+1/p-1/t2*16-,19+;;;;;/m00...../s1. The second-order valence-electron chi connectivity index (χ2n) is 16.6. The number of aliphatic hydroxyl groups is 2. The van der Waals surface area contributed by atoms with Crippen LogP contribution in [0.25, 0.3) is 11.3 Å². The Kier molecular flexibility index (Phi) is 19.3. The van der Waals surface area contributed by atoms with Gasteiger partial charge in [-0.2, -0.15) is 10.2 Å². The number of hydrogen-bond acceptors (Lipinski definition) is 10. The molecule has 20 heteroatoms. The first-order chi connectivity index (χ1) is 30.0. The van der Waals surface area contributed by atoms with Crippen LogP contribution in [-0.2, 0) is 0 Å². The fourth-order valence-corrected chi connectivity index (χ4v) is 9.13. The van der Waals surface area contributed by atoms with Crippen LogP contribution in [0.15, 0.2) is 73.3 Å². The maximum absolute atomic E-state index is 13.9. The minimum atomic E-state index is -0.474. The van der Waals surface area contributed by atoms with Gasteiger partial charge in [-0.3, -0.25) is 0 Å². The summed E-state index contributed by atoms with van der Waals surface area (Å²) in [6.45, 7) is 7.35. The number of carbonyl (C=O) groups is 2. The minimum Gasteiger partial charge on any atom is -1.00 e. The van der Waals surface area contributed by atoms with Crippen molar-refractivity contribution in [2.24, 2.45) is 0 Å². The minimum absolute atomic E-state index is 0. The van der Waals surface area contributed by atoms with Crippen molar-refractivity contribution >= 4 is 46.4 Å². The number of aryl methyl sites for hydroxylation is 2. The number of urea groups is 2. The van der Waals surface area contributed by atoms with Crippen LogP contribution in [0, 0.1) is 32.9 Å². The SMILES string of the molecule is C.C.Cc1ccc(F)cc1[C@H]1CCCN1c1ccn2ncc(NC(=O)N3CC[C@H](O)C3)c2n1.Cc1ccc(F)cc1[C@H]1CCCN1c1ccn2ncc(NC(=O)N3CC[C@H](O)C3)c2n1.[CH3-].[I-].[Na+]. The molecule has 4 saturated heterocycles. The number of benzene rings is 2. The summed E-state index contributed by atoms with van der Waals surface area (Å²) < 4.78 is 31.1. The molecule has 0 bridgehead atoms. The summed E-state index contributed by atoms with van der Waals surface area (Å²) in [5.41, 5.74) is 6.22. The molecule has 0 unspecified atom stereocenters. The Morgan fingerprint density at radius 2 is 1.04 bits per heavy atom. The first-order valence-electron chi connectivity index (χ1n) is 21.2. The van der Waals surface area contributed by atoms with E-state index < -0.39 is 12.2 Å². The molecule has 4 aliphatic heterocycles. The first-order valence-corrected chi connectivity index (χ1v) is 21.2. The van der Waals surface area contributed by atoms with Gasteiger partial charge < -0.3 is 71.8 Å². The van der Waals surface area contributed by atoms with Crippen LogP contribution in [0.5, 0.6) is 0 Å². The molecule has 10 rings (SSSR count). The summed E-state index contributed by atoms with van der Waals surface area (Å²) in [5.74, 6) is 1.07. The van der Waals surface area contributed by atoms with Gasteiger partial charge in [0.15, 0.2) is 11.3 Å². The second kappa shape index (κ2) is 23.6. The molecule has 0 aliphatic carbocycles. The third kappa shape index (κ3) is 11.8. The Morgan fingerprint density at radius 3 is 1.42 bits per heavy atom. The molecular formula is C47H61F2IN12NaO4-. The van der Waals surface area contributed by atoms with E-state index in [4.69, 9.17) is 9.97 Å². The Labute approximate surface area is 430 Å². The summed E-state index contributed by atoms with van der Waals surface area (Å²) in [7, 11) is 0. The quantitative estimate of drug-likeness (QED) is 0.110. The number of aromatic nitrogens is 6. The molecule has 16 nitrogen and oxygen atoms in total. The molecule has 4 fully saturated rings. The van der Waals surface area contributed by atoms with Gasteiger partial charge >= 0.3 is 41.6 Å². The molecule has 356 valence electrons. The van der Waals surface area contributed by atoms with Crippen LogP contribution in [0.4, 0.5) is 41.4 Å². The van der Waals surface area contributed by atoms with E-state index in [1.807, 2.05) is 50.5 Å². The van der Waals surface area contributed by atoms with Crippen molar-refractivity contribution in [3.05, 3.63) is 115 Å². The molecule has 4 aliphatic rings. The summed E-state index contributed by atoms with van der Waals surface area (Å²) in [6, 6.07) is 13.2. The third-order valence-electron chi connectivity index (χ3n) is 12.4. The number of rotatable bonds is 6. The maximum Gasteiger partial charge on any atom is 1.00 e. The maximum atomic E-state index is 13.9. The zero-order valence-corrected chi connectivity index (χ0v) is 41.2. The van der Waals surface area contributed by atoms with E-state index in [2.05, 4.69) is 30.6 Å². The predicted octanol–water partition coefficient (Wildman–Crippen LogP) is 1.96. The van der Waals surface area contributed by atoms with Crippen LogP contribution >= 0.6 is 0 Å². The predicted molar refractivity (Wildman–Crippen MR) is 249 cm³/mol. The van der Waals surface area contributed by atoms with Crippen molar-refractivity contribution in [2.75, 3.05) is 59.7 Å². The normalized spacial score (nSPS) is 19.7. The van der Waals surface area contributed by atoms with Crippen molar-refractivity contribution in [3.8, 4) is 0 Å². The van der Waals surface area contributed by atoms with Crippen LogP contribution in [0.3, 0.4) is 0 Å². The second-order valence-corrected chi connectivity index (χ2v) is 16.6. The largest absolute Gasteiger partial charge is 1.00 e. The molecule has 67 heavy (non-hydrogen) atoms. The summed E-state index contributed by atoms with van der Waals surface area (Å²) in [4.78, 5) is 42.2. The number of amides is 4. The monoisotopic (exact) mass is 1050 g/mol. The first kappa shape index (κ1) is 54.9. The van der Waals surface area contributed by atoms with Gasteiger partial charge in [-0.15, -0.1) is 0 Å². The van der Waals surface area contributed by atoms with E-state index in [1.54, 1.807) is 43.4 Å². The summed E-state index contributed by atoms with van der Waals surface area (Å²) in [6.07, 6.45) is 10.9. The Balaban J connectivity index is 0.000000272. The van der Waals surface area contributed by atoms with Crippen molar-refractivity contribution in [1.82, 2.24) is 39.0 Å². The average molecular weight is 1050 g/mol. The molecule has 4 aromatic heterocycles. The van der Waals surface area contributed by atoms with Gasteiger partial charge in [0.2, 0.25) is 0 Å². The number of halogens is 3. The fourth-order valence-electron chi connectivity index (χ4n) is 9.13. The number of nitrogens with zero attached hydrogens (tertiary/aromatic N) is 10. The molecule has 4 amide bonds. The zero-order valence-electron chi connectivity index (χ0n) is 37.0. The topological polar surface area (TPSA) is 172 Å². The molecule has 2 aromatic carbocycles. The number of hydrogen-bond donors (Lipinski definition) is 4. The molecule has 4 N–H and O–H groups in total. The van der Waals surface area contributed by atoms with E-state index in [1.165, 1.54) is 12.1 Å². The van der Waals surface area contributed by atoms with Gasteiger partial charge in [-0.25, -0.2) is 37.4 Å². The van der Waals surface area contributed by atoms with E-state index in [9.17, 15) is 28.6 Å². The smallest absolute Gasteiger partial charge is 1.00 e. The van der Waals surface area contributed by atoms with Crippen molar-refractivity contribution in [3.63, 3.8) is 0 Å². The molecule has 6 aromatic rings. The molecular weight excluding hydrogens is 984 g/mol. The van der Waals surface area contributed by atoms with Crippen LogP contribution in [0.1, 0.15) is 87.7 Å². The van der Waals surface area contributed by atoms with Crippen LogP contribution < -0.4 is 74.0 Å². The molecule has 0 radical (unpaired) electrons. The molecule has 4 atom stereocenters. The molecule has 0 saturated carbocycles. The number of likely N-dealkylation sites (tertiary alicyclic amines) is 2. The van der Waals surface area contributed by atoms with Gasteiger partial charge in [0.1, 0.15) is 34.6 Å². The fraction of sp³-hybridized carbons (Fsp3) is 0.426. The van der Waals surface area contributed by atoms with Crippen molar-refractivity contribution < 1.29 is 82.1 Å². The van der Waals surface area contributed by atoms with Crippen molar-refractivity contribution in [2.45, 2.75) is 91.5 Å². The number of aliphatic hydroxyl groups excluding tert-OH is 2. The van der Waals surface area contributed by atoms with Crippen molar-refractivity contribution in [1.29, 1.82) is 0 Å². The van der Waals surface area contributed by atoms with Crippen LogP contribution in [-0.4, -0.2) is 113 Å². The average Bonchev–Trinajstić information content (AvgIpc) is 4.13. The zero-order chi connectivity index (χ0) is 43.1. The van der Waals surface area contributed by atoms with E-state index in [-0.39, 0.29) is 112 Å². The molecule has 0 spiro atoms. The van der Waals surface area contributed by atoms with Crippen LogP contribution in [0.2, 0.25) is 0 Å². The van der Waals surface area contributed by atoms with E-state index >= 15 is 0 Å². The van der Waals surface area contributed by atoms with Gasteiger partial charge in [-0.1, -0.05) is 27.0 Å². The Hall–Kier alpha value is -4.67. The van der Waals surface area contributed by atoms with Gasteiger partial charge in [0.25, 0.3) is 0 Å². The van der Waals surface area contributed by atoms with Gasteiger partial charge in [0, 0.05) is 51.7 Å². The number of fused-ring (bicyclic) bond motifs is 2. The number of nitrogens with one attached hydrogen (secondary N) is 2. The summed E-state index contributed by atoms with van der Waals surface area (Å²) in [5, 5.41) is 33.7. The number of anilines is 4. The Morgan fingerprint density at radius 1 is 0.642 bits per heavy atom. The van der Waals surface area contributed by atoms with Gasteiger partial charge in [0.05, 0.1) is 36.7 Å². The number of β-amino-alcohol motifs (C(OH)–C–C–N with tert-alkyl or cyclic N) is 2. The van der Waals surface area contributed by atoms with Gasteiger partial charge in [-0.05, 0) is 111 Å². The van der Waals surface area contributed by atoms with E-state index in [0.717, 1.165) is 72.7 Å². The Bertz CT molecular complexity index is 2460. The third-order valence-corrected chi connectivity index (χ3v) is 12.4. The van der Waals surface area contributed by atoms with E-state index in [0.29, 0.717) is 61.7 Å². The summed E-state index contributed by atoms with van der Waals surface area (Å²) >= 11 is 0. The number of carbonyl (C=O) groups excluding carboxylic acids is 2. The molecule has 8 heterocycles.